The summed E-state index contributed by atoms with van der Waals surface area (Å²) in [6, 6.07) is 13.9. The Hall–Kier alpha value is -1.58. The zero-order valence-electron chi connectivity index (χ0n) is 9.74. The molecule has 0 fully saturated rings. The molecule has 2 nitrogen and oxygen atoms in total. The maximum absolute atomic E-state index is 12.7. The van der Waals surface area contributed by atoms with Crippen molar-refractivity contribution in [3.05, 3.63) is 65.5 Å². The largest absolute Gasteiger partial charge is 1.00 e. The quantitative estimate of drug-likeness (QED) is 0.812. The molecule has 0 spiro atoms. The van der Waals surface area contributed by atoms with E-state index >= 15 is 0 Å². The van der Waals surface area contributed by atoms with E-state index in [1.165, 1.54) is 12.1 Å². The molecule has 2 aromatic rings. The highest BCUT2D eigenvalue weighted by molar-refractivity contribution is 5.44. The molecule has 2 N–H and O–H groups in total. The van der Waals surface area contributed by atoms with Crippen LogP contribution in [0.25, 0.3) is 0 Å². The molecule has 0 radical (unpaired) electrons. The van der Waals surface area contributed by atoms with Gasteiger partial charge in [-0.05, 0) is 35.4 Å². The number of aliphatic hydroxyl groups is 1. The lowest BCUT2D eigenvalue weighted by atomic mass is 10.1. The Morgan fingerprint density at radius 2 is 1.56 bits per heavy atom. The van der Waals surface area contributed by atoms with Crippen LogP contribution < -0.4 is 17.7 Å². The Labute approximate surface area is 112 Å². The molecule has 96 valence electrons. The third-order valence-corrected chi connectivity index (χ3v) is 2.62. The van der Waals surface area contributed by atoms with Crippen LogP contribution in [0.2, 0.25) is 0 Å². The van der Waals surface area contributed by atoms with Crippen LogP contribution in [0.4, 0.5) is 10.1 Å². The minimum Gasteiger partial charge on any atom is -1.00 e. The fourth-order valence-corrected chi connectivity index (χ4v) is 1.65. The van der Waals surface area contributed by atoms with Gasteiger partial charge in [-0.25, -0.2) is 4.39 Å². The first kappa shape index (κ1) is 14.5. The van der Waals surface area contributed by atoms with Crippen molar-refractivity contribution in [3.8, 4) is 0 Å². The fraction of sp³-hybridized carbons (Fsp3) is 0.143. The smallest absolute Gasteiger partial charge is 0.123 e. The first-order valence-corrected chi connectivity index (χ1v) is 5.46. The highest BCUT2D eigenvalue weighted by Gasteiger charge is 2.00. The predicted octanol–water partition coefficient (Wildman–Crippen LogP) is -0.0659. The van der Waals surface area contributed by atoms with E-state index in [0.717, 1.165) is 16.8 Å². The zero-order chi connectivity index (χ0) is 12.1. The molecule has 2 aromatic carbocycles. The van der Waals surface area contributed by atoms with Crippen LogP contribution in [0.15, 0.2) is 48.5 Å². The Kier molecular flexibility index (Phi) is 5.62. The second kappa shape index (κ2) is 6.99. The lowest BCUT2D eigenvalue weighted by molar-refractivity contribution is -0.00000499. The van der Waals surface area contributed by atoms with Gasteiger partial charge in [0.05, 0.1) is 6.61 Å². The summed E-state index contributed by atoms with van der Waals surface area (Å²) in [5, 5.41) is 12.4. The van der Waals surface area contributed by atoms with Gasteiger partial charge in [-0.1, -0.05) is 24.3 Å². The van der Waals surface area contributed by atoms with Gasteiger partial charge < -0.3 is 22.8 Å². The molecule has 4 heteroatoms. The molecule has 0 unspecified atom stereocenters. The van der Waals surface area contributed by atoms with Crippen molar-refractivity contribution in [2.75, 3.05) is 5.32 Å². The Morgan fingerprint density at radius 1 is 0.944 bits per heavy atom. The van der Waals surface area contributed by atoms with E-state index in [0.29, 0.717) is 6.54 Å². The number of halogens is 2. The van der Waals surface area contributed by atoms with Crippen LogP contribution in [0.3, 0.4) is 0 Å². The van der Waals surface area contributed by atoms with Crippen molar-refractivity contribution in [2.45, 2.75) is 13.2 Å². The molecule has 0 amide bonds. The van der Waals surface area contributed by atoms with Crippen molar-refractivity contribution in [3.63, 3.8) is 0 Å². The maximum atomic E-state index is 12.7. The highest BCUT2D eigenvalue weighted by Crippen LogP contribution is 2.13. The standard InChI is InChI=1S/C14H14FNO.ClH/c15-13-5-7-14(8-6-13)16-9-11-3-1-2-4-12(11)10-17;/h1-8,16-17H,9-10H2;1H/p-1. The summed E-state index contributed by atoms with van der Waals surface area (Å²) in [5.41, 5.74) is 2.81. The van der Waals surface area contributed by atoms with Gasteiger partial charge in [0, 0.05) is 12.2 Å². The summed E-state index contributed by atoms with van der Waals surface area (Å²) in [5.74, 6) is -0.244. The minimum atomic E-state index is -0.244. The van der Waals surface area contributed by atoms with Crippen molar-refractivity contribution in [2.24, 2.45) is 0 Å². The first-order chi connectivity index (χ1) is 8.29. The van der Waals surface area contributed by atoms with E-state index in [4.69, 9.17) is 0 Å². The summed E-state index contributed by atoms with van der Waals surface area (Å²) >= 11 is 0. The fourth-order valence-electron chi connectivity index (χ4n) is 1.65. The van der Waals surface area contributed by atoms with E-state index < -0.39 is 0 Å². The van der Waals surface area contributed by atoms with Gasteiger partial charge in [0.25, 0.3) is 0 Å². The molecule has 0 heterocycles. The number of rotatable bonds is 4. The molecule has 0 atom stereocenters. The molecule has 0 bridgehead atoms. The Balaban J connectivity index is 0.00000162. The van der Waals surface area contributed by atoms with Crippen LogP contribution in [0.1, 0.15) is 11.1 Å². The molecule has 18 heavy (non-hydrogen) atoms. The maximum Gasteiger partial charge on any atom is 0.123 e. The van der Waals surface area contributed by atoms with E-state index in [1.54, 1.807) is 12.1 Å². The number of nitrogens with one attached hydrogen (secondary N) is 1. The lowest BCUT2D eigenvalue weighted by Crippen LogP contribution is -3.00. The molecular formula is C14H14ClFNO-. The van der Waals surface area contributed by atoms with Crippen molar-refractivity contribution < 1.29 is 21.9 Å². The van der Waals surface area contributed by atoms with Crippen molar-refractivity contribution in [1.29, 1.82) is 0 Å². The van der Waals surface area contributed by atoms with Crippen LogP contribution in [-0.4, -0.2) is 5.11 Å². The van der Waals surface area contributed by atoms with Gasteiger partial charge in [0.15, 0.2) is 0 Å². The van der Waals surface area contributed by atoms with Gasteiger partial charge >= 0.3 is 0 Å². The predicted molar refractivity (Wildman–Crippen MR) is 66.1 cm³/mol. The van der Waals surface area contributed by atoms with Crippen molar-refractivity contribution in [1.82, 2.24) is 0 Å². The normalized spacial score (nSPS) is 9.67. The molecule has 0 saturated heterocycles. The second-order valence-corrected chi connectivity index (χ2v) is 3.79. The number of hydrogen-bond donors (Lipinski definition) is 2. The van der Waals surface area contributed by atoms with Crippen LogP contribution >= 0.6 is 0 Å². The topological polar surface area (TPSA) is 32.3 Å². The average Bonchev–Trinajstić information content (AvgIpc) is 2.38. The second-order valence-electron chi connectivity index (χ2n) is 3.79. The number of benzene rings is 2. The van der Waals surface area contributed by atoms with E-state index in [2.05, 4.69) is 5.32 Å². The van der Waals surface area contributed by atoms with Crippen molar-refractivity contribution >= 4 is 5.69 Å². The highest BCUT2D eigenvalue weighted by atomic mass is 35.5. The SMILES string of the molecule is OCc1ccccc1CNc1ccc(F)cc1.[Cl-]. The summed E-state index contributed by atoms with van der Waals surface area (Å²) in [7, 11) is 0. The van der Waals surface area contributed by atoms with Gasteiger partial charge in [-0.3, -0.25) is 0 Å². The van der Waals surface area contributed by atoms with Gasteiger partial charge in [0.2, 0.25) is 0 Å². The van der Waals surface area contributed by atoms with Gasteiger partial charge in [0.1, 0.15) is 5.82 Å². The third-order valence-electron chi connectivity index (χ3n) is 2.62. The molecule has 2 rings (SSSR count). The Bertz CT molecular complexity index is 487. The molecule has 0 saturated carbocycles. The number of hydrogen-bond acceptors (Lipinski definition) is 2. The first-order valence-electron chi connectivity index (χ1n) is 5.46. The Morgan fingerprint density at radius 3 is 2.17 bits per heavy atom. The number of aliphatic hydroxyl groups excluding tert-OH is 1. The molecule has 0 aliphatic heterocycles. The van der Waals surface area contributed by atoms with E-state index in [1.807, 2.05) is 24.3 Å². The van der Waals surface area contributed by atoms with Gasteiger partial charge in [-0.2, -0.15) is 0 Å². The monoisotopic (exact) mass is 266 g/mol. The molecule has 0 aliphatic carbocycles. The van der Waals surface area contributed by atoms with Crippen LogP contribution in [0.5, 0.6) is 0 Å². The van der Waals surface area contributed by atoms with E-state index in [-0.39, 0.29) is 24.8 Å². The number of anilines is 1. The molecular weight excluding hydrogens is 253 g/mol. The summed E-state index contributed by atoms with van der Waals surface area (Å²) in [4.78, 5) is 0. The minimum absolute atomic E-state index is 0. The summed E-state index contributed by atoms with van der Waals surface area (Å²) in [6.07, 6.45) is 0. The van der Waals surface area contributed by atoms with Gasteiger partial charge in [-0.15, -0.1) is 0 Å². The molecule has 0 aliphatic rings. The van der Waals surface area contributed by atoms with Crippen LogP contribution in [0, 0.1) is 5.82 Å². The summed E-state index contributed by atoms with van der Waals surface area (Å²) in [6.45, 7) is 0.642. The third kappa shape index (κ3) is 3.72. The summed E-state index contributed by atoms with van der Waals surface area (Å²) < 4.78 is 12.7. The van der Waals surface area contributed by atoms with Crippen LogP contribution in [-0.2, 0) is 13.2 Å². The van der Waals surface area contributed by atoms with E-state index in [9.17, 15) is 9.50 Å². The average molecular weight is 267 g/mol. The lowest BCUT2D eigenvalue weighted by Gasteiger charge is -2.09. The zero-order valence-corrected chi connectivity index (χ0v) is 10.5. The molecule has 0 aromatic heterocycles.